The first kappa shape index (κ1) is 15.4. The highest BCUT2D eigenvalue weighted by Crippen LogP contribution is 2.05. The van der Waals surface area contributed by atoms with Crippen LogP contribution in [-0.4, -0.2) is 23.7 Å². The third-order valence-corrected chi connectivity index (χ3v) is 3.01. The predicted molar refractivity (Wildman–Crippen MR) is 73.9 cm³/mol. The Morgan fingerprint density at radius 2 is 2.00 bits per heavy atom. The summed E-state index contributed by atoms with van der Waals surface area (Å²) in [7, 11) is 0. The first-order chi connectivity index (χ1) is 9.02. The monoisotopic (exact) mass is 265 g/mol. The molecule has 0 heterocycles. The van der Waals surface area contributed by atoms with Crippen LogP contribution in [0.2, 0.25) is 0 Å². The summed E-state index contributed by atoms with van der Waals surface area (Å²) in [5.41, 5.74) is 0.853. The van der Waals surface area contributed by atoms with Crippen LogP contribution in [0, 0.1) is 11.7 Å². The van der Waals surface area contributed by atoms with E-state index in [9.17, 15) is 9.18 Å². The van der Waals surface area contributed by atoms with E-state index < -0.39 is 0 Å². The molecule has 0 aromatic heterocycles. The van der Waals surface area contributed by atoms with Crippen molar-refractivity contribution in [1.29, 1.82) is 0 Å². The minimum atomic E-state index is -0.276. The topological polar surface area (TPSA) is 49.3 Å². The number of benzene rings is 1. The molecule has 104 valence electrons. The maximum Gasteiger partial charge on any atom is 0.224 e. The van der Waals surface area contributed by atoms with Gasteiger partial charge < -0.3 is 10.4 Å². The average Bonchev–Trinajstić information content (AvgIpc) is 2.40. The fourth-order valence-corrected chi connectivity index (χ4v) is 1.49. The fourth-order valence-electron chi connectivity index (χ4n) is 1.49. The molecule has 0 spiro atoms. The van der Waals surface area contributed by atoms with Gasteiger partial charge in [0.25, 0.3) is 0 Å². The molecule has 4 heteroatoms. The largest absolute Gasteiger partial charge is 0.396 e. The van der Waals surface area contributed by atoms with E-state index in [1.165, 1.54) is 12.1 Å². The van der Waals surface area contributed by atoms with Crippen molar-refractivity contribution >= 4 is 12.0 Å². The van der Waals surface area contributed by atoms with E-state index in [0.29, 0.717) is 0 Å². The average molecular weight is 265 g/mol. The lowest BCUT2D eigenvalue weighted by Crippen LogP contribution is -2.37. The van der Waals surface area contributed by atoms with Crippen LogP contribution < -0.4 is 5.32 Å². The zero-order chi connectivity index (χ0) is 14.3. The van der Waals surface area contributed by atoms with Gasteiger partial charge in [0.1, 0.15) is 5.82 Å². The van der Waals surface area contributed by atoms with Gasteiger partial charge in [-0.25, -0.2) is 4.39 Å². The molecular weight excluding hydrogens is 245 g/mol. The third kappa shape index (κ3) is 5.66. The molecule has 1 rings (SSSR count). The quantitative estimate of drug-likeness (QED) is 0.829. The molecule has 3 nitrogen and oxygen atoms in total. The molecule has 0 aliphatic heterocycles. The van der Waals surface area contributed by atoms with Gasteiger partial charge in [-0.2, -0.15) is 0 Å². The number of aliphatic hydroxyl groups is 1. The van der Waals surface area contributed by atoms with E-state index in [1.54, 1.807) is 24.3 Å². The highest BCUT2D eigenvalue weighted by Gasteiger charge is 2.12. The standard InChI is InChI=1S/C15H20FNO2/c1-11(10-18)12(2)17-15(19)5-3-4-13-6-8-14(16)9-7-13/h3-4,6-9,11-12,18H,5,10H2,1-2H3,(H,17,19)/b4-3+. The molecule has 2 unspecified atom stereocenters. The molecule has 2 N–H and O–H groups in total. The fraction of sp³-hybridized carbons (Fsp3) is 0.400. The summed E-state index contributed by atoms with van der Waals surface area (Å²) >= 11 is 0. The molecule has 1 aromatic carbocycles. The maximum atomic E-state index is 12.7. The van der Waals surface area contributed by atoms with E-state index in [4.69, 9.17) is 5.11 Å². The summed E-state index contributed by atoms with van der Waals surface area (Å²) in [4.78, 5) is 11.6. The van der Waals surface area contributed by atoms with E-state index in [-0.39, 0.29) is 36.7 Å². The van der Waals surface area contributed by atoms with Gasteiger partial charge in [-0.1, -0.05) is 31.2 Å². The lowest BCUT2D eigenvalue weighted by Gasteiger charge is -2.18. The van der Waals surface area contributed by atoms with E-state index in [1.807, 2.05) is 13.8 Å². The Labute approximate surface area is 113 Å². The molecule has 1 aromatic rings. The van der Waals surface area contributed by atoms with Crippen molar-refractivity contribution in [3.63, 3.8) is 0 Å². The van der Waals surface area contributed by atoms with Crippen LogP contribution in [0.1, 0.15) is 25.8 Å². The molecule has 19 heavy (non-hydrogen) atoms. The molecule has 2 atom stereocenters. The summed E-state index contributed by atoms with van der Waals surface area (Å²) in [6.07, 6.45) is 3.78. The van der Waals surface area contributed by atoms with Gasteiger partial charge in [-0.05, 0) is 30.5 Å². The molecule has 0 bridgehead atoms. The van der Waals surface area contributed by atoms with Crippen LogP contribution in [0.3, 0.4) is 0 Å². The Hall–Kier alpha value is -1.68. The minimum Gasteiger partial charge on any atom is -0.396 e. The number of carbonyl (C=O) groups is 1. The highest BCUT2D eigenvalue weighted by atomic mass is 19.1. The lowest BCUT2D eigenvalue weighted by molar-refractivity contribution is -0.121. The number of amides is 1. The van der Waals surface area contributed by atoms with Crippen LogP contribution in [0.5, 0.6) is 0 Å². The van der Waals surface area contributed by atoms with Crippen LogP contribution in [0.25, 0.3) is 6.08 Å². The summed E-state index contributed by atoms with van der Waals surface area (Å²) < 4.78 is 12.7. The van der Waals surface area contributed by atoms with E-state index in [2.05, 4.69) is 5.32 Å². The van der Waals surface area contributed by atoms with Gasteiger partial charge >= 0.3 is 0 Å². The minimum absolute atomic E-state index is 0.0324. The molecule has 0 aliphatic rings. The number of hydrogen-bond acceptors (Lipinski definition) is 2. The van der Waals surface area contributed by atoms with E-state index in [0.717, 1.165) is 5.56 Å². The summed E-state index contributed by atoms with van der Waals surface area (Å²) in [5.74, 6) is -0.335. The van der Waals surface area contributed by atoms with Gasteiger partial charge in [0.05, 0.1) is 0 Å². The smallest absolute Gasteiger partial charge is 0.224 e. The molecule has 0 fully saturated rings. The number of halogens is 1. The Kier molecular flexibility index (Phi) is 6.22. The van der Waals surface area contributed by atoms with Crippen molar-refractivity contribution in [2.45, 2.75) is 26.3 Å². The summed E-state index contributed by atoms with van der Waals surface area (Å²) in [5, 5.41) is 11.8. The Balaban J connectivity index is 2.39. The van der Waals surface area contributed by atoms with Crippen LogP contribution in [0.15, 0.2) is 30.3 Å². The second kappa shape index (κ2) is 7.69. The molecule has 0 radical (unpaired) electrons. The summed E-state index contributed by atoms with van der Waals surface area (Å²) in [6.45, 7) is 3.79. The van der Waals surface area contributed by atoms with Gasteiger partial charge in [0, 0.05) is 19.1 Å². The SMILES string of the molecule is CC(CO)C(C)NC(=O)C/C=C/c1ccc(F)cc1. The zero-order valence-electron chi connectivity index (χ0n) is 11.3. The third-order valence-electron chi connectivity index (χ3n) is 3.01. The van der Waals surface area contributed by atoms with Gasteiger partial charge in [-0.3, -0.25) is 4.79 Å². The number of carbonyl (C=O) groups excluding carboxylic acids is 1. The first-order valence-corrected chi connectivity index (χ1v) is 6.35. The van der Waals surface area contributed by atoms with Crippen LogP contribution in [0.4, 0.5) is 4.39 Å². The van der Waals surface area contributed by atoms with Gasteiger partial charge in [0.2, 0.25) is 5.91 Å². The normalized spacial score (nSPS) is 14.3. The Bertz CT molecular complexity index is 428. The summed E-state index contributed by atoms with van der Waals surface area (Å²) in [6, 6.07) is 6.01. The van der Waals surface area contributed by atoms with Gasteiger partial charge in [0.15, 0.2) is 0 Å². The molecular formula is C15H20FNO2. The van der Waals surface area contributed by atoms with Crippen molar-refractivity contribution in [3.8, 4) is 0 Å². The van der Waals surface area contributed by atoms with Crippen LogP contribution in [-0.2, 0) is 4.79 Å². The Morgan fingerprint density at radius 1 is 1.37 bits per heavy atom. The second-order valence-electron chi connectivity index (χ2n) is 4.67. The van der Waals surface area contributed by atoms with Crippen molar-refractivity contribution < 1.29 is 14.3 Å². The Morgan fingerprint density at radius 3 is 2.58 bits per heavy atom. The van der Waals surface area contributed by atoms with E-state index >= 15 is 0 Å². The van der Waals surface area contributed by atoms with Crippen molar-refractivity contribution in [3.05, 3.63) is 41.7 Å². The maximum absolute atomic E-state index is 12.7. The molecule has 0 saturated heterocycles. The highest BCUT2D eigenvalue weighted by molar-refractivity contribution is 5.78. The first-order valence-electron chi connectivity index (χ1n) is 6.35. The number of aliphatic hydroxyl groups excluding tert-OH is 1. The number of nitrogens with one attached hydrogen (secondary N) is 1. The molecule has 0 saturated carbocycles. The van der Waals surface area contributed by atoms with Crippen molar-refractivity contribution in [1.82, 2.24) is 5.32 Å². The van der Waals surface area contributed by atoms with Crippen molar-refractivity contribution in [2.75, 3.05) is 6.61 Å². The molecule has 1 amide bonds. The van der Waals surface area contributed by atoms with Crippen LogP contribution >= 0.6 is 0 Å². The second-order valence-corrected chi connectivity index (χ2v) is 4.67. The predicted octanol–water partition coefficient (Wildman–Crippen LogP) is 2.36. The zero-order valence-corrected chi connectivity index (χ0v) is 11.3. The molecule has 0 aliphatic carbocycles. The number of hydrogen-bond donors (Lipinski definition) is 2. The van der Waals surface area contributed by atoms with Gasteiger partial charge in [-0.15, -0.1) is 0 Å². The van der Waals surface area contributed by atoms with Crippen molar-refractivity contribution in [2.24, 2.45) is 5.92 Å². The lowest BCUT2D eigenvalue weighted by atomic mass is 10.1. The number of rotatable bonds is 6.